The first-order valence-corrected chi connectivity index (χ1v) is 18.9. The fourth-order valence-corrected chi connectivity index (χ4v) is 8.23. The third-order valence-corrected chi connectivity index (χ3v) is 10.8. The van der Waals surface area contributed by atoms with E-state index >= 15 is 0 Å². The second kappa shape index (κ2) is 13.0. The van der Waals surface area contributed by atoms with Crippen LogP contribution in [0.3, 0.4) is 0 Å². The Morgan fingerprint density at radius 3 is 1.50 bits per heavy atom. The number of hydrogen-bond acceptors (Lipinski definition) is 3. The normalized spacial score (nSPS) is 11.6. The highest BCUT2D eigenvalue weighted by Gasteiger charge is 2.23. The second-order valence-electron chi connectivity index (χ2n) is 14.1. The van der Waals surface area contributed by atoms with E-state index in [0.717, 1.165) is 66.2 Å². The van der Waals surface area contributed by atoms with E-state index in [-0.39, 0.29) is 0 Å². The monoisotopic (exact) mass is 715 g/mol. The lowest BCUT2D eigenvalue weighted by Gasteiger charge is -2.12. The summed E-state index contributed by atoms with van der Waals surface area (Å²) in [5.41, 5.74) is 11.9. The highest BCUT2D eigenvalue weighted by Crippen LogP contribution is 2.42. The molecule has 0 aliphatic rings. The minimum absolute atomic E-state index is 0.570. The van der Waals surface area contributed by atoms with E-state index in [1.165, 1.54) is 16.5 Å². The predicted octanol–water partition coefficient (Wildman–Crippen LogP) is 12.7. The first-order valence-electron chi connectivity index (χ1n) is 18.9. The molecule has 0 saturated carbocycles. The maximum atomic E-state index is 5.36. The van der Waals surface area contributed by atoms with Gasteiger partial charge in [-0.25, -0.2) is 4.98 Å². The Morgan fingerprint density at radius 2 is 0.804 bits per heavy atom. The Hall–Kier alpha value is -7.63. The summed E-state index contributed by atoms with van der Waals surface area (Å²) < 4.78 is 4.61. The van der Waals surface area contributed by atoms with Gasteiger partial charge in [0.15, 0.2) is 11.6 Å². The van der Waals surface area contributed by atoms with Crippen LogP contribution in [0.25, 0.3) is 100 Å². The fourth-order valence-electron chi connectivity index (χ4n) is 8.23. The number of fused-ring (bicyclic) bond motifs is 7. The van der Waals surface area contributed by atoms with Gasteiger partial charge < -0.3 is 4.57 Å². The van der Waals surface area contributed by atoms with Gasteiger partial charge in [0, 0.05) is 38.4 Å². The van der Waals surface area contributed by atoms with Crippen molar-refractivity contribution in [2.45, 2.75) is 0 Å². The number of nitrogens with zero attached hydrogens (tertiary/aromatic N) is 5. The summed E-state index contributed by atoms with van der Waals surface area (Å²) in [7, 11) is 0. The summed E-state index contributed by atoms with van der Waals surface area (Å²) >= 11 is 0. The van der Waals surface area contributed by atoms with Gasteiger partial charge >= 0.3 is 0 Å². The molecular weight excluding hydrogens is 683 g/mol. The third-order valence-electron chi connectivity index (χ3n) is 10.8. The van der Waals surface area contributed by atoms with E-state index < -0.39 is 0 Å². The van der Waals surface area contributed by atoms with Crippen molar-refractivity contribution in [3.05, 3.63) is 200 Å². The molecule has 11 rings (SSSR count). The topological polar surface area (TPSA) is 48.5 Å². The van der Waals surface area contributed by atoms with E-state index in [9.17, 15) is 0 Å². The molecule has 262 valence electrons. The van der Waals surface area contributed by atoms with Crippen LogP contribution < -0.4 is 0 Å². The van der Waals surface area contributed by atoms with E-state index in [4.69, 9.17) is 15.0 Å². The Labute approximate surface area is 323 Å². The SMILES string of the molecule is c1ccc(-c2cccc(-c3cccc(-c4nc(-c5ccccc5)nc(-n5c6ccccc6c6ccc7c(c8ccccc8n7-c7ccccc7)c65)n4)c3)c2)cc1. The lowest BCUT2D eigenvalue weighted by Crippen LogP contribution is -2.06. The van der Waals surface area contributed by atoms with Gasteiger partial charge in [-0.15, -0.1) is 0 Å². The number of hydrogen-bond donors (Lipinski definition) is 0. The number of benzene rings is 8. The van der Waals surface area contributed by atoms with Gasteiger partial charge in [0.05, 0.1) is 22.1 Å². The molecule has 0 fully saturated rings. The average Bonchev–Trinajstić information content (AvgIpc) is 3.80. The van der Waals surface area contributed by atoms with Crippen molar-refractivity contribution in [3.8, 4) is 56.7 Å². The highest BCUT2D eigenvalue weighted by atomic mass is 15.2. The Kier molecular flexibility index (Phi) is 7.42. The number of para-hydroxylation sites is 3. The second-order valence-corrected chi connectivity index (χ2v) is 14.1. The van der Waals surface area contributed by atoms with Crippen LogP contribution in [0.1, 0.15) is 0 Å². The molecule has 0 amide bonds. The first-order chi connectivity index (χ1) is 27.8. The minimum Gasteiger partial charge on any atom is -0.309 e. The smallest absolute Gasteiger partial charge is 0.238 e. The number of rotatable bonds is 6. The third kappa shape index (κ3) is 5.21. The van der Waals surface area contributed by atoms with Gasteiger partial charge in [-0.3, -0.25) is 4.57 Å². The number of aromatic nitrogens is 5. The van der Waals surface area contributed by atoms with Gasteiger partial charge in [-0.05, 0) is 64.7 Å². The molecule has 3 aromatic heterocycles. The molecule has 0 aliphatic heterocycles. The molecular formula is C51H33N5. The van der Waals surface area contributed by atoms with Crippen molar-refractivity contribution in [2.75, 3.05) is 0 Å². The molecule has 11 aromatic rings. The maximum Gasteiger partial charge on any atom is 0.238 e. The Morgan fingerprint density at radius 1 is 0.304 bits per heavy atom. The van der Waals surface area contributed by atoms with Crippen LogP contribution in [0, 0.1) is 0 Å². The van der Waals surface area contributed by atoms with Crippen molar-refractivity contribution in [1.29, 1.82) is 0 Å². The van der Waals surface area contributed by atoms with E-state index in [0.29, 0.717) is 17.6 Å². The summed E-state index contributed by atoms with van der Waals surface area (Å²) in [5.74, 6) is 1.80. The molecule has 0 bridgehead atoms. The van der Waals surface area contributed by atoms with Crippen LogP contribution in [-0.2, 0) is 0 Å². The molecule has 0 aliphatic carbocycles. The first kappa shape index (κ1) is 31.9. The Balaban J connectivity index is 1.18. The molecule has 0 saturated heterocycles. The fraction of sp³-hybridized carbons (Fsp3) is 0. The molecule has 0 atom stereocenters. The van der Waals surface area contributed by atoms with Gasteiger partial charge in [0.25, 0.3) is 0 Å². The quantitative estimate of drug-likeness (QED) is 0.172. The van der Waals surface area contributed by atoms with Gasteiger partial charge in [-0.1, -0.05) is 158 Å². The Bertz CT molecular complexity index is 3240. The predicted molar refractivity (Wildman–Crippen MR) is 230 cm³/mol. The van der Waals surface area contributed by atoms with E-state index in [1.807, 2.05) is 18.2 Å². The minimum atomic E-state index is 0.570. The van der Waals surface area contributed by atoms with Crippen molar-refractivity contribution < 1.29 is 0 Å². The highest BCUT2D eigenvalue weighted by molar-refractivity contribution is 6.26. The molecule has 5 heteroatoms. The molecule has 0 unspecified atom stereocenters. The van der Waals surface area contributed by atoms with Crippen LogP contribution in [0.5, 0.6) is 0 Å². The zero-order chi connectivity index (χ0) is 37.0. The van der Waals surface area contributed by atoms with Crippen LogP contribution in [0.4, 0.5) is 0 Å². The van der Waals surface area contributed by atoms with Gasteiger partial charge in [-0.2, -0.15) is 9.97 Å². The average molecular weight is 716 g/mol. The van der Waals surface area contributed by atoms with E-state index in [1.54, 1.807) is 0 Å². The van der Waals surface area contributed by atoms with Crippen LogP contribution in [-0.4, -0.2) is 24.1 Å². The molecule has 0 N–H and O–H groups in total. The largest absolute Gasteiger partial charge is 0.309 e. The van der Waals surface area contributed by atoms with Gasteiger partial charge in [0.2, 0.25) is 5.95 Å². The molecule has 0 spiro atoms. The lowest BCUT2D eigenvalue weighted by molar-refractivity contribution is 0.955. The maximum absolute atomic E-state index is 5.36. The summed E-state index contributed by atoms with van der Waals surface area (Å²) in [6.07, 6.45) is 0. The van der Waals surface area contributed by atoms with Crippen LogP contribution >= 0.6 is 0 Å². The van der Waals surface area contributed by atoms with Crippen molar-refractivity contribution in [2.24, 2.45) is 0 Å². The van der Waals surface area contributed by atoms with Crippen LogP contribution in [0.2, 0.25) is 0 Å². The molecule has 56 heavy (non-hydrogen) atoms. The van der Waals surface area contributed by atoms with Crippen molar-refractivity contribution in [1.82, 2.24) is 24.1 Å². The van der Waals surface area contributed by atoms with Crippen LogP contribution in [0.15, 0.2) is 200 Å². The standard InChI is InChI=1S/C51H33N5/c1-4-16-34(17-5-1)36-20-14-21-37(32-36)38-22-15-23-39(33-38)50-52-49(35-18-6-2-7-19-35)53-51(54-50)56-44-28-12-10-26-41(44)42-30-31-46-47(48(42)56)43-27-11-13-29-45(43)55(46)40-24-8-3-9-25-40/h1-33H. The van der Waals surface area contributed by atoms with E-state index in [2.05, 4.69) is 191 Å². The molecule has 8 aromatic carbocycles. The van der Waals surface area contributed by atoms with Gasteiger partial charge in [0.1, 0.15) is 0 Å². The summed E-state index contributed by atoms with van der Waals surface area (Å²) in [6, 6.07) is 70.3. The summed E-state index contributed by atoms with van der Waals surface area (Å²) in [4.78, 5) is 15.8. The summed E-state index contributed by atoms with van der Waals surface area (Å²) in [6.45, 7) is 0. The summed E-state index contributed by atoms with van der Waals surface area (Å²) in [5, 5.41) is 4.61. The molecule has 5 nitrogen and oxygen atoms in total. The zero-order valence-corrected chi connectivity index (χ0v) is 30.3. The zero-order valence-electron chi connectivity index (χ0n) is 30.3. The molecule has 3 heterocycles. The van der Waals surface area contributed by atoms with Crippen molar-refractivity contribution in [3.63, 3.8) is 0 Å². The molecule has 0 radical (unpaired) electrons. The van der Waals surface area contributed by atoms with Crippen molar-refractivity contribution >= 4 is 43.6 Å². The lowest BCUT2D eigenvalue weighted by atomic mass is 9.98.